The molecule has 0 unspecified atom stereocenters. The van der Waals surface area contributed by atoms with E-state index in [-0.39, 0.29) is 5.56 Å². The van der Waals surface area contributed by atoms with Crippen LogP contribution in [0, 0.1) is 5.82 Å². The lowest BCUT2D eigenvalue weighted by Crippen LogP contribution is -2.17. The number of hydrogen-bond acceptors (Lipinski definition) is 6. The molecular formula is C13H14FN3O3. The molecule has 20 heavy (non-hydrogen) atoms. The van der Waals surface area contributed by atoms with Crippen molar-refractivity contribution in [1.29, 1.82) is 0 Å². The van der Waals surface area contributed by atoms with E-state index >= 15 is 0 Å². The zero-order valence-corrected chi connectivity index (χ0v) is 10.9. The quantitative estimate of drug-likeness (QED) is 0.635. The van der Waals surface area contributed by atoms with Crippen LogP contribution in [0.4, 0.5) is 4.39 Å². The molecule has 106 valence electrons. The van der Waals surface area contributed by atoms with Gasteiger partial charge in [-0.15, -0.1) is 0 Å². The van der Waals surface area contributed by atoms with Crippen molar-refractivity contribution in [2.45, 2.75) is 13.0 Å². The molecule has 0 radical (unpaired) electrons. The second-order valence-electron chi connectivity index (χ2n) is 4.08. The average Bonchev–Trinajstić information content (AvgIpc) is 2.96. The summed E-state index contributed by atoms with van der Waals surface area (Å²) >= 11 is 0. The van der Waals surface area contributed by atoms with Crippen molar-refractivity contribution in [3.63, 3.8) is 0 Å². The van der Waals surface area contributed by atoms with Crippen molar-refractivity contribution < 1.29 is 18.4 Å². The maximum Gasteiger partial charge on any atom is 0.340 e. The predicted octanol–water partition coefficient (Wildman–Crippen LogP) is 1.33. The van der Waals surface area contributed by atoms with Gasteiger partial charge < -0.3 is 14.6 Å². The molecule has 0 aliphatic heterocycles. The molecule has 0 fully saturated rings. The molecular weight excluding hydrogens is 265 g/mol. The summed E-state index contributed by atoms with van der Waals surface area (Å²) in [6.07, 6.45) is 1.90. The lowest BCUT2D eigenvalue weighted by atomic mass is 10.1. The van der Waals surface area contributed by atoms with Gasteiger partial charge in [-0.1, -0.05) is 11.2 Å². The van der Waals surface area contributed by atoms with Gasteiger partial charge in [0.1, 0.15) is 5.82 Å². The predicted molar refractivity (Wildman–Crippen MR) is 67.4 cm³/mol. The first kappa shape index (κ1) is 14.1. The number of nitrogens with zero attached hydrogens (tertiary/aromatic N) is 2. The summed E-state index contributed by atoms with van der Waals surface area (Å²) < 4.78 is 22.7. The van der Waals surface area contributed by atoms with Crippen LogP contribution in [0.5, 0.6) is 0 Å². The van der Waals surface area contributed by atoms with Crippen LogP contribution in [0.1, 0.15) is 21.7 Å². The molecule has 0 saturated heterocycles. The molecule has 0 aliphatic carbocycles. The van der Waals surface area contributed by atoms with Crippen LogP contribution in [0.15, 0.2) is 29.1 Å². The molecule has 0 aliphatic rings. The van der Waals surface area contributed by atoms with E-state index in [1.807, 2.05) is 0 Å². The highest BCUT2D eigenvalue weighted by atomic mass is 19.1. The van der Waals surface area contributed by atoms with Crippen LogP contribution in [0.25, 0.3) is 0 Å². The second-order valence-corrected chi connectivity index (χ2v) is 4.08. The van der Waals surface area contributed by atoms with Gasteiger partial charge in [0.25, 0.3) is 0 Å². The molecule has 6 nitrogen and oxygen atoms in total. The summed E-state index contributed by atoms with van der Waals surface area (Å²) in [5, 5.41) is 6.80. The zero-order chi connectivity index (χ0) is 14.4. The van der Waals surface area contributed by atoms with Crippen molar-refractivity contribution in [3.8, 4) is 0 Å². The van der Waals surface area contributed by atoms with Gasteiger partial charge in [-0.2, -0.15) is 4.98 Å². The van der Waals surface area contributed by atoms with Crippen LogP contribution in [-0.2, 0) is 17.7 Å². The van der Waals surface area contributed by atoms with Crippen LogP contribution < -0.4 is 5.32 Å². The molecule has 2 rings (SSSR count). The minimum Gasteiger partial charge on any atom is -0.465 e. The first-order chi connectivity index (χ1) is 9.70. The van der Waals surface area contributed by atoms with Gasteiger partial charge in [0.05, 0.1) is 12.7 Å². The number of esters is 1. The maximum atomic E-state index is 13.7. The standard InChI is InChI=1S/C13H14FN3O3/c1-19-13(18)10-3-2-9(6-11(10)14)7-15-5-4-12-16-8-20-17-12/h2-3,6,8,15H,4-5,7H2,1H3. The highest BCUT2D eigenvalue weighted by molar-refractivity contribution is 5.89. The van der Waals surface area contributed by atoms with Gasteiger partial charge in [-0.05, 0) is 17.7 Å². The van der Waals surface area contributed by atoms with Gasteiger partial charge in [0.2, 0.25) is 6.39 Å². The van der Waals surface area contributed by atoms with E-state index in [1.165, 1.54) is 25.6 Å². The SMILES string of the molecule is COC(=O)c1ccc(CNCCc2ncon2)cc1F. The number of halogens is 1. The van der Waals surface area contributed by atoms with Crippen molar-refractivity contribution in [2.24, 2.45) is 0 Å². The van der Waals surface area contributed by atoms with Crippen LogP contribution in [0.2, 0.25) is 0 Å². The number of rotatable bonds is 6. The molecule has 0 bridgehead atoms. The number of nitrogens with one attached hydrogen (secondary N) is 1. The van der Waals surface area contributed by atoms with Gasteiger partial charge in [-0.3, -0.25) is 0 Å². The van der Waals surface area contributed by atoms with Crippen LogP contribution in [-0.4, -0.2) is 29.8 Å². The third-order valence-electron chi connectivity index (χ3n) is 2.70. The topological polar surface area (TPSA) is 77.2 Å². The van der Waals surface area contributed by atoms with Crippen LogP contribution in [0.3, 0.4) is 0 Å². The minimum atomic E-state index is -0.681. The molecule has 0 saturated carbocycles. The summed E-state index contributed by atoms with van der Waals surface area (Å²) in [6.45, 7) is 1.12. The minimum absolute atomic E-state index is 0.0666. The molecule has 1 aromatic carbocycles. The summed E-state index contributed by atoms with van der Waals surface area (Å²) in [5.74, 6) is -0.654. The fraction of sp³-hybridized carbons (Fsp3) is 0.308. The van der Waals surface area contributed by atoms with Crippen molar-refractivity contribution >= 4 is 5.97 Å². The first-order valence-corrected chi connectivity index (χ1v) is 6.03. The summed E-state index contributed by atoms with van der Waals surface area (Å²) in [4.78, 5) is 15.1. The third-order valence-corrected chi connectivity index (χ3v) is 2.70. The van der Waals surface area contributed by atoms with E-state index in [1.54, 1.807) is 6.07 Å². The molecule has 0 atom stereocenters. The van der Waals surface area contributed by atoms with Crippen LogP contribution >= 0.6 is 0 Å². The Hall–Kier alpha value is -2.28. The van der Waals surface area contributed by atoms with Gasteiger partial charge >= 0.3 is 5.97 Å². The second kappa shape index (κ2) is 6.76. The fourth-order valence-corrected chi connectivity index (χ4v) is 1.68. The molecule has 2 aromatic rings. The van der Waals surface area contributed by atoms with E-state index in [4.69, 9.17) is 0 Å². The number of carbonyl (C=O) groups is 1. The largest absolute Gasteiger partial charge is 0.465 e. The zero-order valence-electron chi connectivity index (χ0n) is 10.9. The number of carbonyl (C=O) groups excluding carboxylic acids is 1. The Balaban J connectivity index is 1.84. The summed E-state index contributed by atoms with van der Waals surface area (Å²) in [6, 6.07) is 4.40. The van der Waals surface area contributed by atoms with E-state index in [0.717, 1.165) is 5.56 Å². The van der Waals surface area contributed by atoms with Crippen molar-refractivity contribution in [3.05, 3.63) is 47.4 Å². The van der Waals surface area contributed by atoms with Crippen molar-refractivity contribution in [2.75, 3.05) is 13.7 Å². The number of ether oxygens (including phenoxy) is 1. The summed E-state index contributed by atoms with van der Waals surface area (Å²) in [5.41, 5.74) is 0.673. The Kier molecular flexibility index (Phi) is 4.78. The fourth-order valence-electron chi connectivity index (χ4n) is 1.68. The van der Waals surface area contributed by atoms with E-state index < -0.39 is 11.8 Å². The molecule has 1 aromatic heterocycles. The lowest BCUT2D eigenvalue weighted by molar-refractivity contribution is 0.0595. The monoisotopic (exact) mass is 279 g/mol. The van der Waals surface area contributed by atoms with E-state index in [2.05, 4.69) is 24.7 Å². The smallest absolute Gasteiger partial charge is 0.340 e. The Morgan fingerprint density at radius 3 is 3.00 bits per heavy atom. The summed E-state index contributed by atoms with van der Waals surface area (Å²) in [7, 11) is 1.22. The maximum absolute atomic E-state index is 13.7. The highest BCUT2D eigenvalue weighted by Crippen LogP contribution is 2.11. The van der Waals surface area contributed by atoms with Gasteiger partial charge in [-0.25, -0.2) is 9.18 Å². The number of benzene rings is 1. The average molecular weight is 279 g/mol. The first-order valence-electron chi connectivity index (χ1n) is 6.03. The Labute approximate surface area is 114 Å². The molecule has 0 amide bonds. The van der Waals surface area contributed by atoms with Crippen molar-refractivity contribution in [1.82, 2.24) is 15.5 Å². The lowest BCUT2D eigenvalue weighted by Gasteiger charge is -2.06. The van der Waals surface area contributed by atoms with E-state index in [9.17, 15) is 9.18 Å². The number of hydrogen-bond donors (Lipinski definition) is 1. The molecule has 7 heteroatoms. The Bertz CT molecular complexity index is 572. The highest BCUT2D eigenvalue weighted by Gasteiger charge is 2.12. The van der Waals surface area contributed by atoms with Gasteiger partial charge in [0.15, 0.2) is 5.82 Å². The Morgan fingerprint density at radius 1 is 1.50 bits per heavy atom. The van der Waals surface area contributed by atoms with Gasteiger partial charge in [0, 0.05) is 19.5 Å². The number of aromatic nitrogens is 2. The normalized spacial score (nSPS) is 10.5. The van der Waals surface area contributed by atoms with E-state index in [0.29, 0.717) is 25.3 Å². The number of methoxy groups -OCH3 is 1. The third kappa shape index (κ3) is 3.61. The molecule has 1 heterocycles. The molecule has 1 N–H and O–H groups in total. The Morgan fingerprint density at radius 2 is 2.35 bits per heavy atom. The molecule has 0 spiro atoms.